The lowest BCUT2D eigenvalue weighted by Crippen LogP contribution is -2.50. The molecule has 121 heavy (non-hydrogen) atoms. The topological polar surface area (TPSA) is 268 Å². The number of amides is 6. The molecule has 6 aliphatic rings. The van der Waals surface area contributed by atoms with Crippen LogP contribution in [0.2, 0.25) is 0 Å². The van der Waals surface area contributed by atoms with E-state index in [1.807, 2.05) is 133 Å². The molecule has 1 aliphatic carbocycles. The van der Waals surface area contributed by atoms with E-state index in [1.54, 1.807) is 0 Å². The number of carbonyl (C=O) groups is 6. The molecule has 0 spiro atoms. The highest BCUT2D eigenvalue weighted by atomic mass is 32.1. The van der Waals surface area contributed by atoms with Crippen molar-refractivity contribution in [1.82, 2.24) is 61.4 Å². The fourth-order valence-electron chi connectivity index (χ4n) is 17.9. The molecule has 21 nitrogen and oxygen atoms in total. The summed E-state index contributed by atoms with van der Waals surface area (Å²) in [6, 6.07) is 66.0. The molecule has 6 heterocycles. The molecule has 7 aromatic carbocycles. The zero-order chi connectivity index (χ0) is 84.3. The number of piperidine rings is 2. The number of hydrogen-bond acceptors (Lipinski definition) is 14. The maximum atomic E-state index is 13.9. The van der Waals surface area contributed by atoms with E-state index >= 15 is 0 Å². The van der Waals surface area contributed by atoms with Crippen LogP contribution in [-0.4, -0.2) is 212 Å². The standard InChI is InChI=1S/C36H46N4O2.C33H43N5O2S.C30H42N6O2/c1-2-28(29-12-6-3-7-13-29)27-40-25-20-33(38-34(36(40)42)21-24-39-22-10-5-11-23-39)26-37-35(41)32-18-16-31(17-19-32)30-14-8-4-9-15-30;1-2-25(26-12-6-3-7-13-26)23-38-21-16-28(35-29(33(38)40)17-20-37-18-10-5-11-19-37)22-34-31(39)30-24-41-32(36-30)27-14-8-4-9-15-27;31-30(32)33-18-7-12-27-29(38)36(21-22-8-3-1-4-9-22)19-17-26(35-27)20-34-28(37)25-15-13-24(14-16-25)23-10-5-2-6-11-23/h3-4,6-9,12-19,28,33-34,38H,2,5,10-11,20-27H2,1H3,(H,37,41);3-4,6-9,12-15,24-25,28-29,35H,2,5,10-11,16-23H2,1H3,(H,34,39);2,5-6,10-11,13-16,22,26-27,35H,1,3-4,7-9,12,17-21H2,(H,34,37)(H4,31,32,33)/t28-,33+,34+;25-,28+,29+;26-,27-/m111/s1. The maximum Gasteiger partial charge on any atom is 0.270 e. The van der Waals surface area contributed by atoms with Crippen LogP contribution < -0.4 is 43.4 Å². The molecule has 8 atom stereocenters. The molecule has 6 amide bonds. The monoisotopic (exact) mass is 1660 g/mol. The van der Waals surface area contributed by atoms with Gasteiger partial charge in [-0.05, 0) is 186 Å². The average Bonchev–Trinajstić information content (AvgIpc) is 1.77. The zero-order valence-electron chi connectivity index (χ0n) is 71.4. The van der Waals surface area contributed by atoms with Gasteiger partial charge in [-0.25, -0.2) is 4.98 Å². The summed E-state index contributed by atoms with van der Waals surface area (Å²) in [5, 5.41) is 22.9. The molecule has 8 aromatic rings. The van der Waals surface area contributed by atoms with E-state index in [-0.39, 0.29) is 77.7 Å². The van der Waals surface area contributed by atoms with Crippen molar-refractivity contribution in [2.75, 3.05) is 105 Å². The van der Waals surface area contributed by atoms with Crippen molar-refractivity contribution in [3.63, 3.8) is 0 Å². The van der Waals surface area contributed by atoms with E-state index in [1.165, 1.54) is 93.1 Å². The molecule has 1 aromatic heterocycles. The number of likely N-dealkylation sites (tertiary alicyclic amines) is 2. The number of aromatic nitrogens is 1. The van der Waals surface area contributed by atoms with Crippen LogP contribution in [0.15, 0.2) is 211 Å². The summed E-state index contributed by atoms with van der Waals surface area (Å²) in [5.41, 5.74) is 20.6. The summed E-state index contributed by atoms with van der Waals surface area (Å²) < 4.78 is 0. The fraction of sp³-hybridized carbons (Fsp3) is 0.475. The van der Waals surface area contributed by atoms with Crippen molar-refractivity contribution >= 4 is 52.7 Å². The Bertz CT molecular complexity index is 4470. The minimum Gasteiger partial charge on any atom is -0.370 e. The molecule has 6 fully saturated rings. The summed E-state index contributed by atoms with van der Waals surface area (Å²) in [6.07, 6.45) is 21.1. The van der Waals surface area contributed by atoms with Gasteiger partial charge in [-0.1, -0.05) is 222 Å². The van der Waals surface area contributed by atoms with E-state index in [0.717, 1.165) is 137 Å². The number of guanidine groups is 1. The lowest BCUT2D eigenvalue weighted by molar-refractivity contribution is -0.134. The van der Waals surface area contributed by atoms with Crippen LogP contribution in [0.25, 0.3) is 32.8 Å². The van der Waals surface area contributed by atoms with E-state index in [0.29, 0.717) is 93.2 Å². The molecule has 10 N–H and O–H groups in total. The Labute approximate surface area is 722 Å². The number of carbonyl (C=O) groups excluding carboxylic acids is 6. The highest BCUT2D eigenvalue weighted by Gasteiger charge is 2.37. The van der Waals surface area contributed by atoms with Crippen molar-refractivity contribution in [3.8, 4) is 32.8 Å². The summed E-state index contributed by atoms with van der Waals surface area (Å²) >= 11 is 1.48. The van der Waals surface area contributed by atoms with E-state index in [9.17, 15) is 28.8 Å². The molecule has 22 heteroatoms. The van der Waals surface area contributed by atoms with Crippen molar-refractivity contribution < 1.29 is 28.8 Å². The SMILES string of the molecule is CC[C@H](CN1CC[C@@H](CNC(=O)c2ccc(-c3ccccc3)cc2)N[C@@H](CCN2CCCCC2)C1=O)c1ccccc1.CC[C@H](CN1CC[C@@H](CNC(=O)c2csc(-c3ccccc3)n2)N[C@@H](CCN2CCCCC2)C1=O)c1ccccc1.NC(N)=NCCC[C@H]1N[C@@H](CNC(=O)c2ccc(-c3ccccc3)cc2)CCN(CC2CCCCC2)C1=O. The number of nitrogens with one attached hydrogen (secondary N) is 6. The predicted molar refractivity (Wildman–Crippen MR) is 489 cm³/mol. The first kappa shape index (κ1) is 90.3. The van der Waals surface area contributed by atoms with Gasteiger partial charge in [-0.2, -0.15) is 0 Å². The Morgan fingerprint density at radius 2 is 0.810 bits per heavy atom. The first-order valence-electron chi connectivity index (χ1n) is 45.1. The number of hydrogen-bond donors (Lipinski definition) is 8. The second kappa shape index (κ2) is 48.0. The van der Waals surface area contributed by atoms with Crippen LogP contribution >= 0.6 is 11.3 Å². The predicted octanol–water partition coefficient (Wildman–Crippen LogP) is 14.2. The highest BCUT2D eigenvalue weighted by molar-refractivity contribution is 7.13. The van der Waals surface area contributed by atoms with Gasteiger partial charge in [0, 0.05) is 131 Å². The van der Waals surface area contributed by atoms with Gasteiger partial charge in [0.2, 0.25) is 17.7 Å². The van der Waals surface area contributed by atoms with Gasteiger partial charge in [-0.3, -0.25) is 33.8 Å². The number of benzene rings is 7. The van der Waals surface area contributed by atoms with Gasteiger partial charge in [0.1, 0.15) is 10.7 Å². The van der Waals surface area contributed by atoms with Crippen LogP contribution in [0.1, 0.15) is 196 Å². The Morgan fingerprint density at radius 3 is 1.23 bits per heavy atom. The molecule has 0 bridgehead atoms. The van der Waals surface area contributed by atoms with Gasteiger partial charge in [-0.15, -0.1) is 11.3 Å². The third kappa shape index (κ3) is 28.0. The molecule has 5 aliphatic heterocycles. The molecular formula is C99H131N15O6S. The number of nitrogens with two attached hydrogens (primary N) is 2. The molecule has 5 saturated heterocycles. The Balaban J connectivity index is 0.000000166. The van der Waals surface area contributed by atoms with E-state index in [2.05, 4.69) is 153 Å². The van der Waals surface area contributed by atoms with E-state index in [4.69, 9.17) is 11.5 Å². The van der Waals surface area contributed by atoms with Crippen molar-refractivity contribution in [2.45, 2.75) is 190 Å². The quantitative estimate of drug-likeness (QED) is 0.0111. The lowest BCUT2D eigenvalue weighted by Gasteiger charge is -2.31. The molecule has 644 valence electrons. The maximum absolute atomic E-state index is 13.9. The fourth-order valence-corrected chi connectivity index (χ4v) is 18.7. The van der Waals surface area contributed by atoms with Crippen molar-refractivity contribution in [3.05, 3.63) is 234 Å². The number of aliphatic imine (C=N–C) groups is 1. The Morgan fingerprint density at radius 1 is 0.438 bits per heavy atom. The van der Waals surface area contributed by atoms with Gasteiger partial charge < -0.3 is 67.9 Å². The summed E-state index contributed by atoms with van der Waals surface area (Å²) in [6.45, 7) is 17.0. The van der Waals surface area contributed by atoms with Crippen molar-refractivity contribution in [1.29, 1.82) is 0 Å². The highest BCUT2D eigenvalue weighted by Crippen LogP contribution is 2.30. The molecular weight excluding hydrogens is 1530 g/mol. The summed E-state index contributed by atoms with van der Waals surface area (Å²) in [5.74, 6) is 1.48. The lowest BCUT2D eigenvalue weighted by atomic mass is 9.89. The van der Waals surface area contributed by atoms with Crippen molar-refractivity contribution in [2.24, 2.45) is 22.4 Å². The first-order chi connectivity index (χ1) is 59.2. The van der Waals surface area contributed by atoms with E-state index < -0.39 is 0 Å². The normalized spacial score (nSPS) is 20.7. The molecule has 0 unspecified atom stereocenters. The van der Waals surface area contributed by atoms with Crippen LogP contribution in [-0.2, 0) is 14.4 Å². The Hall–Kier alpha value is -9.94. The largest absolute Gasteiger partial charge is 0.370 e. The molecule has 14 rings (SSSR count). The third-order valence-corrected chi connectivity index (χ3v) is 26.0. The van der Waals surface area contributed by atoms with Crippen LogP contribution in [0, 0.1) is 5.92 Å². The number of thiazole rings is 1. The van der Waals surface area contributed by atoms with Gasteiger partial charge in [0.15, 0.2) is 5.96 Å². The second-order valence-electron chi connectivity index (χ2n) is 33.8. The molecule has 1 saturated carbocycles. The summed E-state index contributed by atoms with van der Waals surface area (Å²) in [7, 11) is 0. The number of nitrogens with zero attached hydrogens (tertiary/aromatic N) is 7. The zero-order valence-corrected chi connectivity index (χ0v) is 72.2. The van der Waals surface area contributed by atoms with Gasteiger partial charge in [0.25, 0.3) is 17.7 Å². The minimum absolute atomic E-state index is 0.0101. The third-order valence-electron chi connectivity index (χ3n) is 25.1. The summed E-state index contributed by atoms with van der Waals surface area (Å²) in [4.78, 5) is 100. The van der Waals surface area contributed by atoms with Crippen LogP contribution in [0.5, 0.6) is 0 Å². The minimum atomic E-state index is -0.303. The molecule has 0 radical (unpaired) electrons. The van der Waals surface area contributed by atoms with Crippen LogP contribution in [0.3, 0.4) is 0 Å². The van der Waals surface area contributed by atoms with Gasteiger partial charge in [0.05, 0.1) is 18.1 Å². The first-order valence-corrected chi connectivity index (χ1v) is 46.0. The van der Waals surface area contributed by atoms with Gasteiger partial charge >= 0.3 is 0 Å². The second-order valence-corrected chi connectivity index (χ2v) is 34.6. The smallest absolute Gasteiger partial charge is 0.270 e. The Kier molecular flexibility index (Phi) is 35.9. The average molecular weight is 1660 g/mol. The van der Waals surface area contributed by atoms with Crippen LogP contribution in [0.4, 0.5) is 0 Å². The number of rotatable bonds is 32.